The molecule has 142 valence electrons. The van der Waals surface area contributed by atoms with Gasteiger partial charge in [0.2, 0.25) is 5.82 Å². The van der Waals surface area contributed by atoms with Crippen LogP contribution < -0.4 is 0 Å². The summed E-state index contributed by atoms with van der Waals surface area (Å²) < 4.78 is 2.53. The first-order valence-electron chi connectivity index (χ1n) is 8.41. The number of carbonyl (C=O) groups excluding carboxylic acids is 1. The summed E-state index contributed by atoms with van der Waals surface area (Å²) in [4.78, 5) is 14.5. The van der Waals surface area contributed by atoms with E-state index in [4.69, 9.17) is 5.11 Å². The minimum atomic E-state index is -0.860. The van der Waals surface area contributed by atoms with Crippen LogP contribution in [0.5, 0.6) is 0 Å². The summed E-state index contributed by atoms with van der Waals surface area (Å²) in [6.45, 7) is 3.54. The van der Waals surface area contributed by atoms with Gasteiger partial charge in [0, 0.05) is 22.6 Å². The molecule has 2 N–H and O–H groups in total. The number of aromatic nitrogens is 5. The number of nitrogens with zero attached hydrogens (tertiary/aromatic N) is 5. The van der Waals surface area contributed by atoms with Crippen LogP contribution in [0.1, 0.15) is 40.2 Å². The predicted octanol–water partition coefficient (Wildman–Crippen LogP) is 2.03. The number of hydrogen-bond acceptors (Lipinski definition) is 6. The van der Waals surface area contributed by atoms with Gasteiger partial charge in [0.15, 0.2) is 5.78 Å². The van der Waals surface area contributed by atoms with Gasteiger partial charge in [0.05, 0.1) is 30.6 Å². The lowest BCUT2D eigenvalue weighted by atomic mass is 9.98. The van der Waals surface area contributed by atoms with Crippen molar-refractivity contribution in [2.24, 2.45) is 7.05 Å². The normalized spacial score (nSPS) is 12.4. The molecule has 2 heterocycles. The average molecular weight is 434 g/mol. The largest absolute Gasteiger partial charge is 0.394 e. The molecule has 0 radical (unpaired) electrons. The van der Waals surface area contributed by atoms with Gasteiger partial charge in [-0.3, -0.25) is 4.79 Å². The summed E-state index contributed by atoms with van der Waals surface area (Å²) in [6.07, 6.45) is -0.860. The molecule has 0 spiro atoms. The zero-order valence-electron chi connectivity index (χ0n) is 15.2. The molecule has 9 heteroatoms. The Bertz CT molecular complexity index is 993. The SMILES string of the molecule is Cc1c(C(=O)c2cccc(Br)c2)c(C(C)O)n(C)c1-c1nnn(CCO)n1. The molecule has 1 unspecified atom stereocenters. The molecule has 0 saturated carbocycles. The summed E-state index contributed by atoms with van der Waals surface area (Å²) in [5.41, 5.74) is 2.71. The number of halogens is 1. The Morgan fingerprint density at radius 3 is 2.74 bits per heavy atom. The van der Waals surface area contributed by atoms with Crippen molar-refractivity contribution in [3.05, 3.63) is 51.1 Å². The van der Waals surface area contributed by atoms with E-state index in [1.807, 2.05) is 6.07 Å². The molecule has 27 heavy (non-hydrogen) atoms. The average Bonchev–Trinajstić information content (AvgIpc) is 3.16. The Balaban J connectivity index is 2.18. The quantitative estimate of drug-likeness (QED) is 0.576. The fourth-order valence-electron chi connectivity index (χ4n) is 3.24. The van der Waals surface area contributed by atoms with E-state index in [9.17, 15) is 9.90 Å². The number of carbonyl (C=O) groups is 1. The first-order valence-corrected chi connectivity index (χ1v) is 9.21. The number of ketones is 1. The number of rotatable bonds is 6. The molecular weight excluding hydrogens is 414 g/mol. The molecule has 8 nitrogen and oxygen atoms in total. The second-order valence-corrected chi connectivity index (χ2v) is 7.16. The third kappa shape index (κ3) is 3.58. The number of aliphatic hydroxyl groups is 2. The van der Waals surface area contributed by atoms with Crippen LogP contribution in [-0.2, 0) is 13.6 Å². The molecule has 0 aliphatic heterocycles. The van der Waals surface area contributed by atoms with Gasteiger partial charge < -0.3 is 14.8 Å². The van der Waals surface area contributed by atoms with Gasteiger partial charge in [0.1, 0.15) is 0 Å². The number of tetrazole rings is 1. The molecule has 2 aromatic heterocycles. The van der Waals surface area contributed by atoms with Gasteiger partial charge in [-0.15, -0.1) is 10.2 Å². The molecule has 0 aliphatic carbocycles. The number of benzene rings is 1. The summed E-state index contributed by atoms with van der Waals surface area (Å²) in [5, 5.41) is 31.6. The lowest BCUT2D eigenvalue weighted by Crippen LogP contribution is -2.10. The van der Waals surface area contributed by atoms with Crippen molar-refractivity contribution >= 4 is 21.7 Å². The summed E-state index contributed by atoms with van der Waals surface area (Å²) >= 11 is 3.38. The molecule has 0 fully saturated rings. The number of aliphatic hydroxyl groups excluding tert-OH is 2. The zero-order valence-corrected chi connectivity index (χ0v) is 16.8. The highest BCUT2D eigenvalue weighted by Gasteiger charge is 2.29. The van der Waals surface area contributed by atoms with Crippen molar-refractivity contribution in [1.29, 1.82) is 0 Å². The standard InChI is InChI=1S/C18H20BrN5O3/c1-10-14(17(27)12-5-4-6-13(19)9-12)16(11(2)26)23(3)15(10)18-20-22-24(21-18)7-8-25/h4-6,9,11,25-26H,7-8H2,1-3H3. The highest BCUT2D eigenvalue weighted by Crippen LogP contribution is 2.33. The molecule has 1 atom stereocenters. The van der Waals surface area contributed by atoms with Crippen LogP contribution >= 0.6 is 15.9 Å². The van der Waals surface area contributed by atoms with E-state index in [2.05, 4.69) is 31.3 Å². The number of hydrogen-bond donors (Lipinski definition) is 2. The molecule has 1 aromatic carbocycles. The van der Waals surface area contributed by atoms with Crippen LogP contribution in [-0.4, -0.2) is 47.4 Å². The monoisotopic (exact) mass is 433 g/mol. The second kappa shape index (κ2) is 7.71. The van der Waals surface area contributed by atoms with Crippen LogP contribution in [0.4, 0.5) is 0 Å². The van der Waals surface area contributed by atoms with E-state index in [1.54, 1.807) is 43.7 Å². The van der Waals surface area contributed by atoms with E-state index in [-0.39, 0.29) is 18.9 Å². The molecule has 0 amide bonds. The van der Waals surface area contributed by atoms with Gasteiger partial charge >= 0.3 is 0 Å². The summed E-state index contributed by atoms with van der Waals surface area (Å²) in [5.74, 6) is 0.146. The topological polar surface area (TPSA) is 106 Å². The van der Waals surface area contributed by atoms with Crippen molar-refractivity contribution in [3.8, 4) is 11.5 Å². The fraction of sp³-hybridized carbons (Fsp3) is 0.333. The van der Waals surface area contributed by atoms with Crippen molar-refractivity contribution in [2.75, 3.05) is 6.61 Å². The van der Waals surface area contributed by atoms with Gasteiger partial charge in [-0.25, -0.2) is 0 Å². The summed E-state index contributed by atoms with van der Waals surface area (Å²) in [6, 6.07) is 7.12. The Morgan fingerprint density at radius 1 is 1.37 bits per heavy atom. The van der Waals surface area contributed by atoms with Gasteiger partial charge in [-0.1, -0.05) is 28.1 Å². The minimum Gasteiger partial charge on any atom is -0.394 e. The van der Waals surface area contributed by atoms with Crippen LogP contribution in [0.25, 0.3) is 11.5 Å². The minimum absolute atomic E-state index is 0.104. The smallest absolute Gasteiger partial charge is 0.221 e. The van der Waals surface area contributed by atoms with E-state index in [0.29, 0.717) is 33.9 Å². The highest BCUT2D eigenvalue weighted by atomic mass is 79.9. The lowest BCUT2D eigenvalue weighted by molar-refractivity contribution is 0.103. The van der Waals surface area contributed by atoms with Gasteiger partial charge in [-0.05, 0) is 36.8 Å². The van der Waals surface area contributed by atoms with Crippen LogP contribution in [0, 0.1) is 6.92 Å². The zero-order chi connectivity index (χ0) is 19.7. The predicted molar refractivity (Wildman–Crippen MR) is 102 cm³/mol. The highest BCUT2D eigenvalue weighted by molar-refractivity contribution is 9.10. The third-order valence-corrected chi connectivity index (χ3v) is 4.85. The molecule has 0 bridgehead atoms. The Kier molecular flexibility index (Phi) is 5.54. The van der Waals surface area contributed by atoms with E-state index in [1.165, 1.54) is 4.80 Å². The maximum atomic E-state index is 13.2. The molecule has 0 aliphatic rings. The van der Waals surface area contributed by atoms with Crippen LogP contribution in [0.15, 0.2) is 28.7 Å². The first kappa shape index (κ1) is 19.4. The van der Waals surface area contributed by atoms with Gasteiger partial charge in [-0.2, -0.15) is 4.80 Å². The first-order chi connectivity index (χ1) is 12.8. The maximum absolute atomic E-state index is 13.2. The maximum Gasteiger partial charge on any atom is 0.221 e. The third-order valence-electron chi connectivity index (χ3n) is 4.36. The Labute approximate surface area is 164 Å². The van der Waals surface area contributed by atoms with Crippen molar-refractivity contribution in [2.45, 2.75) is 26.5 Å². The van der Waals surface area contributed by atoms with Crippen LogP contribution in [0.3, 0.4) is 0 Å². The van der Waals surface area contributed by atoms with E-state index in [0.717, 1.165) is 4.47 Å². The van der Waals surface area contributed by atoms with Crippen molar-refractivity contribution in [1.82, 2.24) is 24.8 Å². The fourth-order valence-corrected chi connectivity index (χ4v) is 3.64. The molecule has 3 aromatic rings. The molecule has 3 rings (SSSR count). The molecule has 0 saturated heterocycles. The van der Waals surface area contributed by atoms with Crippen molar-refractivity contribution < 1.29 is 15.0 Å². The second-order valence-electron chi connectivity index (χ2n) is 6.24. The van der Waals surface area contributed by atoms with E-state index >= 15 is 0 Å². The van der Waals surface area contributed by atoms with Crippen molar-refractivity contribution in [3.63, 3.8) is 0 Å². The Hall–Kier alpha value is -2.36. The van der Waals surface area contributed by atoms with E-state index < -0.39 is 6.10 Å². The Morgan fingerprint density at radius 2 is 2.11 bits per heavy atom. The lowest BCUT2D eigenvalue weighted by Gasteiger charge is -2.11. The molecular formula is C18H20BrN5O3. The van der Waals surface area contributed by atoms with Crippen LogP contribution in [0.2, 0.25) is 0 Å². The van der Waals surface area contributed by atoms with Gasteiger partial charge in [0.25, 0.3) is 0 Å². The summed E-state index contributed by atoms with van der Waals surface area (Å²) in [7, 11) is 1.76.